The summed E-state index contributed by atoms with van der Waals surface area (Å²) in [7, 11) is 3.49. The Hall–Kier alpha value is -3.61. The number of rotatable bonds is 4. The van der Waals surface area contributed by atoms with E-state index in [1.807, 2.05) is 25.1 Å². The standard InChI is InChI=1S/C22H22N6O/c1-5-14-8-15(19-12-24-10-13(2)26-19)6-7-17(14)18-9-16-11-25-22(23-3)27-20(16)28(4)21(18)29/h6-12H,5H2,1-4H3,(H,23,25,27). The van der Waals surface area contributed by atoms with E-state index in [9.17, 15) is 4.79 Å². The maximum Gasteiger partial charge on any atom is 0.259 e. The number of pyridine rings is 1. The summed E-state index contributed by atoms with van der Waals surface area (Å²) in [4.78, 5) is 30.6. The van der Waals surface area contributed by atoms with E-state index in [-0.39, 0.29) is 5.56 Å². The number of nitrogens with zero attached hydrogens (tertiary/aromatic N) is 5. The van der Waals surface area contributed by atoms with E-state index in [4.69, 9.17) is 0 Å². The summed E-state index contributed by atoms with van der Waals surface area (Å²) in [6, 6.07) is 7.94. The third-order valence-corrected chi connectivity index (χ3v) is 5.00. The number of hydrogen-bond acceptors (Lipinski definition) is 6. The van der Waals surface area contributed by atoms with Gasteiger partial charge in [0.15, 0.2) is 0 Å². The van der Waals surface area contributed by atoms with Gasteiger partial charge in [-0.3, -0.25) is 14.3 Å². The first kappa shape index (κ1) is 18.7. The Bertz CT molecular complexity index is 1280. The van der Waals surface area contributed by atoms with Crippen molar-refractivity contribution in [1.82, 2.24) is 24.5 Å². The van der Waals surface area contributed by atoms with Crippen LogP contribution in [0.1, 0.15) is 18.2 Å². The number of nitrogens with one attached hydrogen (secondary N) is 1. The summed E-state index contributed by atoms with van der Waals surface area (Å²) < 4.78 is 1.58. The second-order valence-electron chi connectivity index (χ2n) is 6.92. The third-order valence-electron chi connectivity index (χ3n) is 5.00. The minimum atomic E-state index is -0.0870. The van der Waals surface area contributed by atoms with Crippen molar-refractivity contribution in [1.29, 1.82) is 0 Å². The van der Waals surface area contributed by atoms with E-state index in [1.54, 1.807) is 37.3 Å². The normalized spacial score (nSPS) is 11.0. The molecule has 3 aromatic heterocycles. The minimum Gasteiger partial charge on any atom is -0.357 e. The first-order valence-corrected chi connectivity index (χ1v) is 9.48. The molecule has 4 aromatic rings. The third kappa shape index (κ3) is 3.35. The molecule has 3 heterocycles. The number of aryl methyl sites for hydroxylation is 3. The van der Waals surface area contributed by atoms with Crippen molar-refractivity contribution >= 4 is 17.0 Å². The molecule has 0 aliphatic carbocycles. The van der Waals surface area contributed by atoms with E-state index in [2.05, 4.69) is 38.2 Å². The Morgan fingerprint density at radius 1 is 1.07 bits per heavy atom. The summed E-state index contributed by atoms with van der Waals surface area (Å²) in [5, 5.41) is 3.72. The van der Waals surface area contributed by atoms with Gasteiger partial charge >= 0.3 is 0 Å². The molecule has 1 aromatic carbocycles. The first-order valence-electron chi connectivity index (χ1n) is 9.48. The molecule has 0 bridgehead atoms. The van der Waals surface area contributed by atoms with Gasteiger partial charge in [-0.1, -0.05) is 19.1 Å². The molecule has 7 heteroatoms. The molecule has 0 fully saturated rings. The minimum absolute atomic E-state index is 0.0870. The Morgan fingerprint density at radius 3 is 2.62 bits per heavy atom. The van der Waals surface area contributed by atoms with E-state index in [1.165, 1.54) is 0 Å². The molecular formula is C22H22N6O. The predicted octanol–water partition coefficient (Wildman–Crippen LogP) is 3.37. The van der Waals surface area contributed by atoms with Crippen molar-refractivity contribution < 1.29 is 0 Å². The fourth-order valence-electron chi connectivity index (χ4n) is 3.47. The highest BCUT2D eigenvalue weighted by molar-refractivity contribution is 5.83. The fourth-order valence-corrected chi connectivity index (χ4v) is 3.47. The van der Waals surface area contributed by atoms with Crippen LogP contribution in [0.5, 0.6) is 0 Å². The molecule has 0 atom stereocenters. The average molecular weight is 386 g/mol. The maximum absolute atomic E-state index is 13.1. The molecule has 0 spiro atoms. The highest BCUT2D eigenvalue weighted by Crippen LogP contribution is 2.28. The van der Waals surface area contributed by atoms with Crippen LogP contribution in [-0.2, 0) is 13.5 Å². The Kier molecular flexibility index (Phi) is 4.80. The molecule has 0 amide bonds. The lowest BCUT2D eigenvalue weighted by molar-refractivity contribution is 0.886. The van der Waals surface area contributed by atoms with Gasteiger partial charge in [0.05, 0.1) is 17.6 Å². The van der Waals surface area contributed by atoms with Crippen molar-refractivity contribution in [2.24, 2.45) is 7.05 Å². The van der Waals surface area contributed by atoms with Gasteiger partial charge in [-0.15, -0.1) is 0 Å². The van der Waals surface area contributed by atoms with Gasteiger partial charge in [0.2, 0.25) is 5.95 Å². The molecule has 0 radical (unpaired) electrons. The van der Waals surface area contributed by atoms with E-state index in [0.29, 0.717) is 17.2 Å². The van der Waals surface area contributed by atoms with Crippen LogP contribution in [0.4, 0.5) is 5.95 Å². The highest BCUT2D eigenvalue weighted by Gasteiger charge is 2.14. The van der Waals surface area contributed by atoms with E-state index >= 15 is 0 Å². The molecule has 7 nitrogen and oxygen atoms in total. The van der Waals surface area contributed by atoms with Gasteiger partial charge in [-0.2, -0.15) is 4.98 Å². The van der Waals surface area contributed by atoms with Crippen LogP contribution in [0, 0.1) is 6.92 Å². The number of aromatic nitrogens is 5. The summed E-state index contributed by atoms with van der Waals surface area (Å²) >= 11 is 0. The Balaban J connectivity index is 1.89. The van der Waals surface area contributed by atoms with Crippen LogP contribution in [0.3, 0.4) is 0 Å². The molecule has 0 aliphatic rings. The second-order valence-corrected chi connectivity index (χ2v) is 6.92. The number of benzene rings is 1. The largest absolute Gasteiger partial charge is 0.357 e. The lowest BCUT2D eigenvalue weighted by Gasteiger charge is -2.13. The summed E-state index contributed by atoms with van der Waals surface area (Å²) in [6.07, 6.45) is 6.02. The quantitative estimate of drug-likeness (QED) is 0.579. The fraction of sp³-hybridized carbons (Fsp3) is 0.227. The zero-order chi connectivity index (χ0) is 20.5. The molecule has 0 saturated carbocycles. The number of anilines is 1. The topological polar surface area (TPSA) is 85.6 Å². The van der Waals surface area contributed by atoms with Gasteiger partial charge in [-0.25, -0.2) is 9.97 Å². The lowest BCUT2D eigenvalue weighted by Crippen LogP contribution is -2.20. The SMILES string of the molecule is CCc1cc(-c2cncc(C)n2)ccc1-c1cc2cnc(NC)nc2n(C)c1=O. The van der Waals surface area contributed by atoms with Gasteiger partial charge in [0.25, 0.3) is 5.56 Å². The van der Waals surface area contributed by atoms with Crippen LogP contribution >= 0.6 is 0 Å². The van der Waals surface area contributed by atoms with Crippen molar-refractivity contribution in [3.63, 3.8) is 0 Å². The molecule has 0 saturated heterocycles. The van der Waals surface area contributed by atoms with E-state index < -0.39 is 0 Å². The molecule has 4 rings (SSSR count). The summed E-state index contributed by atoms with van der Waals surface area (Å²) in [5.41, 5.74) is 5.83. The molecular weight excluding hydrogens is 364 g/mol. The van der Waals surface area contributed by atoms with Gasteiger partial charge in [-0.05, 0) is 36.6 Å². The Labute approximate surface area is 168 Å². The van der Waals surface area contributed by atoms with Crippen LogP contribution in [0.2, 0.25) is 0 Å². The summed E-state index contributed by atoms with van der Waals surface area (Å²) in [6.45, 7) is 4.00. The van der Waals surface area contributed by atoms with Gasteiger partial charge in [0, 0.05) is 43.0 Å². The summed E-state index contributed by atoms with van der Waals surface area (Å²) in [5.74, 6) is 0.484. The Morgan fingerprint density at radius 2 is 1.90 bits per heavy atom. The maximum atomic E-state index is 13.1. The predicted molar refractivity (Wildman–Crippen MR) is 115 cm³/mol. The van der Waals surface area contributed by atoms with Crippen molar-refractivity contribution in [3.05, 3.63) is 64.5 Å². The molecule has 29 heavy (non-hydrogen) atoms. The first-order chi connectivity index (χ1) is 14.0. The van der Waals surface area contributed by atoms with Crippen LogP contribution in [-0.4, -0.2) is 31.6 Å². The van der Waals surface area contributed by atoms with Crippen LogP contribution in [0.15, 0.2) is 47.7 Å². The zero-order valence-electron chi connectivity index (χ0n) is 16.9. The van der Waals surface area contributed by atoms with Crippen molar-refractivity contribution in [2.75, 3.05) is 12.4 Å². The highest BCUT2D eigenvalue weighted by atomic mass is 16.1. The average Bonchev–Trinajstić information content (AvgIpc) is 2.75. The molecule has 0 aliphatic heterocycles. The lowest BCUT2D eigenvalue weighted by atomic mass is 9.95. The molecule has 0 unspecified atom stereocenters. The van der Waals surface area contributed by atoms with Crippen molar-refractivity contribution in [3.8, 4) is 22.4 Å². The second kappa shape index (κ2) is 7.43. The van der Waals surface area contributed by atoms with Crippen LogP contribution in [0.25, 0.3) is 33.4 Å². The van der Waals surface area contributed by atoms with Crippen LogP contribution < -0.4 is 10.9 Å². The molecule has 1 N–H and O–H groups in total. The molecule has 146 valence electrons. The van der Waals surface area contributed by atoms with E-state index in [0.717, 1.165) is 39.9 Å². The number of fused-ring (bicyclic) bond motifs is 1. The number of hydrogen-bond donors (Lipinski definition) is 1. The van der Waals surface area contributed by atoms with Gasteiger partial charge in [0.1, 0.15) is 5.65 Å². The van der Waals surface area contributed by atoms with Gasteiger partial charge < -0.3 is 5.32 Å². The van der Waals surface area contributed by atoms with Crippen molar-refractivity contribution in [2.45, 2.75) is 20.3 Å². The monoisotopic (exact) mass is 386 g/mol. The smallest absolute Gasteiger partial charge is 0.259 e. The zero-order valence-corrected chi connectivity index (χ0v) is 16.9.